The predicted molar refractivity (Wildman–Crippen MR) is 76.8 cm³/mol. The summed E-state index contributed by atoms with van der Waals surface area (Å²) >= 11 is 0. The minimum absolute atomic E-state index is 0.333. The SMILES string of the molecule is CCOC(=O)c1ccc(NCCCOCC2CC2)nc1. The molecule has 20 heavy (non-hydrogen) atoms. The summed E-state index contributed by atoms with van der Waals surface area (Å²) in [6.45, 7) is 4.67. The third-order valence-electron chi connectivity index (χ3n) is 3.10. The Hall–Kier alpha value is -1.62. The van der Waals surface area contributed by atoms with Crippen molar-refractivity contribution in [3.8, 4) is 0 Å². The number of esters is 1. The lowest BCUT2D eigenvalue weighted by atomic mass is 10.3. The average Bonchev–Trinajstić information content (AvgIpc) is 3.28. The van der Waals surface area contributed by atoms with Gasteiger partial charge in [-0.2, -0.15) is 0 Å². The number of pyridine rings is 1. The normalized spacial score (nSPS) is 14.1. The zero-order valence-corrected chi connectivity index (χ0v) is 11.9. The van der Waals surface area contributed by atoms with Gasteiger partial charge in [-0.15, -0.1) is 0 Å². The largest absolute Gasteiger partial charge is 0.462 e. The second-order valence-corrected chi connectivity index (χ2v) is 4.95. The van der Waals surface area contributed by atoms with Crippen LogP contribution in [0.2, 0.25) is 0 Å². The molecule has 1 N–H and O–H groups in total. The first-order valence-electron chi connectivity index (χ1n) is 7.24. The number of hydrogen-bond acceptors (Lipinski definition) is 5. The Morgan fingerprint density at radius 3 is 2.95 bits per heavy atom. The number of carbonyl (C=O) groups is 1. The second-order valence-electron chi connectivity index (χ2n) is 4.95. The van der Waals surface area contributed by atoms with E-state index in [2.05, 4.69) is 10.3 Å². The Morgan fingerprint density at radius 1 is 1.45 bits per heavy atom. The van der Waals surface area contributed by atoms with Gasteiger partial charge in [-0.05, 0) is 44.2 Å². The first-order chi connectivity index (χ1) is 9.79. The third-order valence-corrected chi connectivity index (χ3v) is 3.10. The molecule has 5 heteroatoms. The van der Waals surface area contributed by atoms with Crippen molar-refractivity contribution in [1.82, 2.24) is 4.98 Å². The molecule has 0 bridgehead atoms. The number of rotatable bonds is 9. The smallest absolute Gasteiger partial charge is 0.339 e. The molecule has 110 valence electrons. The number of ether oxygens (including phenoxy) is 2. The van der Waals surface area contributed by atoms with Gasteiger partial charge in [0.05, 0.1) is 12.2 Å². The molecule has 1 fully saturated rings. The van der Waals surface area contributed by atoms with Crippen molar-refractivity contribution in [2.45, 2.75) is 26.2 Å². The summed E-state index contributed by atoms with van der Waals surface area (Å²) in [5.74, 6) is 1.25. The summed E-state index contributed by atoms with van der Waals surface area (Å²) in [6, 6.07) is 3.51. The summed E-state index contributed by atoms with van der Waals surface area (Å²) in [7, 11) is 0. The Bertz CT molecular complexity index is 416. The maximum Gasteiger partial charge on any atom is 0.339 e. The highest BCUT2D eigenvalue weighted by atomic mass is 16.5. The van der Waals surface area contributed by atoms with E-state index < -0.39 is 0 Å². The number of aromatic nitrogens is 1. The van der Waals surface area contributed by atoms with Crippen LogP contribution < -0.4 is 5.32 Å². The van der Waals surface area contributed by atoms with Crippen LogP contribution in [-0.2, 0) is 9.47 Å². The Labute approximate surface area is 119 Å². The fourth-order valence-electron chi connectivity index (χ4n) is 1.76. The molecule has 0 aliphatic heterocycles. The molecule has 1 aliphatic carbocycles. The van der Waals surface area contributed by atoms with Crippen molar-refractivity contribution in [2.24, 2.45) is 5.92 Å². The Balaban J connectivity index is 1.61. The van der Waals surface area contributed by atoms with E-state index in [1.54, 1.807) is 19.1 Å². The van der Waals surface area contributed by atoms with Gasteiger partial charge in [0.2, 0.25) is 0 Å². The van der Waals surface area contributed by atoms with E-state index in [0.717, 1.165) is 37.9 Å². The van der Waals surface area contributed by atoms with Crippen LogP contribution in [0.5, 0.6) is 0 Å². The zero-order chi connectivity index (χ0) is 14.2. The van der Waals surface area contributed by atoms with Crippen LogP contribution in [0.15, 0.2) is 18.3 Å². The van der Waals surface area contributed by atoms with Gasteiger partial charge in [0, 0.05) is 26.0 Å². The van der Waals surface area contributed by atoms with Gasteiger partial charge in [0.25, 0.3) is 0 Å². The molecular formula is C15H22N2O3. The van der Waals surface area contributed by atoms with Crippen LogP contribution in [0.25, 0.3) is 0 Å². The van der Waals surface area contributed by atoms with E-state index in [9.17, 15) is 4.79 Å². The van der Waals surface area contributed by atoms with Gasteiger partial charge in [-0.25, -0.2) is 9.78 Å². The fourth-order valence-corrected chi connectivity index (χ4v) is 1.76. The van der Waals surface area contributed by atoms with Crippen molar-refractivity contribution in [1.29, 1.82) is 0 Å². The number of nitrogens with zero attached hydrogens (tertiary/aromatic N) is 1. The maximum atomic E-state index is 11.4. The summed E-state index contributed by atoms with van der Waals surface area (Å²) in [6.07, 6.45) is 5.14. The molecule has 1 saturated carbocycles. The minimum Gasteiger partial charge on any atom is -0.462 e. The molecule has 1 aliphatic rings. The first kappa shape index (κ1) is 14.8. The fraction of sp³-hybridized carbons (Fsp3) is 0.600. The highest BCUT2D eigenvalue weighted by Crippen LogP contribution is 2.28. The lowest BCUT2D eigenvalue weighted by molar-refractivity contribution is 0.0526. The van der Waals surface area contributed by atoms with Crippen LogP contribution in [0.4, 0.5) is 5.82 Å². The van der Waals surface area contributed by atoms with E-state index in [4.69, 9.17) is 9.47 Å². The number of hydrogen-bond donors (Lipinski definition) is 1. The molecular weight excluding hydrogens is 256 g/mol. The average molecular weight is 278 g/mol. The van der Waals surface area contributed by atoms with E-state index >= 15 is 0 Å². The Morgan fingerprint density at radius 2 is 2.30 bits per heavy atom. The molecule has 1 aromatic heterocycles. The minimum atomic E-state index is -0.333. The molecule has 0 radical (unpaired) electrons. The second kappa shape index (κ2) is 7.85. The molecule has 0 spiro atoms. The van der Waals surface area contributed by atoms with E-state index in [1.165, 1.54) is 19.0 Å². The lowest BCUT2D eigenvalue weighted by Gasteiger charge is -2.07. The van der Waals surface area contributed by atoms with Crippen LogP contribution in [0.3, 0.4) is 0 Å². The van der Waals surface area contributed by atoms with Gasteiger partial charge in [-0.3, -0.25) is 0 Å². The zero-order valence-electron chi connectivity index (χ0n) is 11.9. The quantitative estimate of drug-likeness (QED) is 0.555. The predicted octanol–water partition coefficient (Wildman–Crippen LogP) is 2.49. The van der Waals surface area contributed by atoms with E-state index in [0.29, 0.717) is 12.2 Å². The van der Waals surface area contributed by atoms with Gasteiger partial charge in [0.1, 0.15) is 5.82 Å². The van der Waals surface area contributed by atoms with Crippen molar-refractivity contribution in [3.63, 3.8) is 0 Å². The molecule has 0 saturated heterocycles. The highest BCUT2D eigenvalue weighted by molar-refractivity contribution is 5.89. The van der Waals surface area contributed by atoms with Crippen molar-refractivity contribution in [2.75, 3.05) is 31.7 Å². The van der Waals surface area contributed by atoms with Crippen LogP contribution in [0.1, 0.15) is 36.5 Å². The molecule has 0 amide bonds. The molecule has 2 rings (SSSR count). The molecule has 1 heterocycles. The van der Waals surface area contributed by atoms with Crippen LogP contribution in [-0.4, -0.2) is 37.3 Å². The molecule has 0 unspecified atom stereocenters. The summed E-state index contributed by atoms with van der Waals surface area (Å²) in [4.78, 5) is 15.6. The number of nitrogens with one attached hydrogen (secondary N) is 1. The van der Waals surface area contributed by atoms with Crippen molar-refractivity contribution in [3.05, 3.63) is 23.9 Å². The van der Waals surface area contributed by atoms with Crippen molar-refractivity contribution < 1.29 is 14.3 Å². The molecule has 1 aromatic rings. The summed E-state index contributed by atoms with van der Waals surface area (Å²) < 4.78 is 10.5. The molecule has 0 atom stereocenters. The standard InChI is InChI=1S/C15H22N2O3/c1-2-20-15(18)13-6-7-14(17-10-13)16-8-3-9-19-11-12-4-5-12/h6-7,10,12H,2-5,8-9,11H2,1H3,(H,16,17). The summed E-state index contributed by atoms with van der Waals surface area (Å²) in [5, 5.41) is 3.20. The lowest BCUT2D eigenvalue weighted by Crippen LogP contribution is -2.09. The number of carbonyl (C=O) groups excluding carboxylic acids is 1. The van der Waals surface area contributed by atoms with E-state index in [-0.39, 0.29) is 5.97 Å². The highest BCUT2D eigenvalue weighted by Gasteiger charge is 2.20. The van der Waals surface area contributed by atoms with Gasteiger partial charge < -0.3 is 14.8 Å². The maximum absolute atomic E-state index is 11.4. The molecule has 0 aromatic carbocycles. The van der Waals surface area contributed by atoms with E-state index in [1.807, 2.05) is 0 Å². The van der Waals surface area contributed by atoms with Crippen LogP contribution in [0, 0.1) is 5.92 Å². The van der Waals surface area contributed by atoms with Gasteiger partial charge >= 0.3 is 5.97 Å². The van der Waals surface area contributed by atoms with Gasteiger partial charge in [0.15, 0.2) is 0 Å². The van der Waals surface area contributed by atoms with Gasteiger partial charge in [-0.1, -0.05) is 0 Å². The van der Waals surface area contributed by atoms with Crippen molar-refractivity contribution >= 4 is 11.8 Å². The monoisotopic (exact) mass is 278 g/mol. The third kappa shape index (κ3) is 5.17. The summed E-state index contributed by atoms with van der Waals surface area (Å²) in [5.41, 5.74) is 0.477. The molecule has 5 nitrogen and oxygen atoms in total. The Kier molecular flexibility index (Phi) is 5.80. The van der Waals surface area contributed by atoms with Crippen LogP contribution >= 0.6 is 0 Å². The number of anilines is 1. The topological polar surface area (TPSA) is 60.5 Å². The first-order valence-corrected chi connectivity index (χ1v) is 7.24.